The van der Waals surface area contributed by atoms with E-state index in [2.05, 4.69) is 35.3 Å². The maximum absolute atomic E-state index is 5.97. The van der Waals surface area contributed by atoms with E-state index in [1.165, 1.54) is 0 Å². The Bertz CT molecular complexity index is 758. The zero-order valence-corrected chi connectivity index (χ0v) is 14.7. The van der Waals surface area contributed by atoms with E-state index >= 15 is 0 Å². The highest BCUT2D eigenvalue weighted by Crippen LogP contribution is 2.20. The van der Waals surface area contributed by atoms with Crippen LogP contribution in [0.1, 0.15) is 31.1 Å². The Hall–Kier alpha value is -2.66. The summed E-state index contributed by atoms with van der Waals surface area (Å²) in [5.41, 5.74) is 2.06. The Labute approximate surface area is 148 Å². The summed E-state index contributed by atoms with van der Waals surface area (Å²) in [6.45, 7) is 5.54. The maximum Gasteiger partial charge on any atom is 0.130 e. The second-order valence-corrected chi connectivity index (χ2v) is 6.11. The minimum absolute atomic E-state index is 0.275. The Morgan fingerprint density at radius 2 is 1.88 bits per heavy atom. The standard InChI is InChI=1S/C20H24N4O/c1-16(17(2)24-13-7-12-23-24)22-14-18-8-3-4-10-20(18)25-15-19-9-5-6-11-21-19/h3-13,16-17,22H,14-15H2,1-2H3/t16-,17-/m0/s1. The molecule has 5 nitrogen and oxygen atoms in total. The normalized spacial score (nSPS) is 13.4. The first-order valence-electron chi connectivity index (χ1n) is 8.57. The van der Waals surface area contributed by atoms with Gasteiger partial charge in [-0.1, -0.05) is 24.3 Å². The molecule has 2 atom stereocenters. The number of nitrogens with one attached hydrogen (secondary N) is 1. The van der Waals surface area contributed by atoms with Crippen LogP contribution in [0.3, 0.4) is 0 Å². The van der Waals surface area contributed by atoms with Gasteiger partial charge in [0.15, 0.2) is 0 Å². The molecule has 0 unspecified atom stereocenters. The van der Waals surface area contributed by atoms with Crippen molar-refractivity contribution in [1.82, 2.24) is 20.1 Å². The van der Waals surface area contributed by atoms with Gasteiger partial charge < -0.3 is 10.1 Å². The van der Waals surface area contributed by atoms with Gasteiger partial charge >= 0.3 is 0 Å². The molecule has 0 radical (unpaired) electrons. The molecule has 2 heterocycles. The monoisotopic (exact) mass is 336 g/mol. The van der Waals surface area contributed by atoms with Gasteiger partial charge in [0.1, 0.15) is 12.4 Å². The van der Waals surface area contributed by atoms with Gasteiger partial charge in [-0.05, 0) is 38.1 Å². The number of hydrogen-bond acceptors (Lipinski definition) is 4. The van der Waals surface area contributed by atoms with Gasteiger partial charge in [0.05, 0.1) is 11.7 Å². The third-order valence-electron chi connectivity index (χ3n) is 4.35. The molecule has 0 aliphatic rings. The number of aromatic nitrogens is 3. The van der Waals surface area contributed by atoms with Crippen LogP contribution in [0.5, 0.6) is 5.75 Å². The third-order valence-corrected chi connectivity index (χ3v) is 4.35. The Kier molecular flexibility index (Phi) is 5.80. The minimum atomic E-state index is 0.275. The molecule has 0 aliphatic heterocycles. The lowest BCUT2D eigenvalue weighted by molar-refractivity contribution is 0.295. The van der Waals surface area contributed by atoms with Gasteiger partial charge in [-0.25, -0.2) is 0 Å². The summed E-state index contributed by atoms with van der Waals surface area (Å²) in [7, 11) is 0. The summed E-state index contributed by atoms with van der Waals surface area (Å²) in [6.07, 6.45) is 5.58. The van der Waals surface area contributed by atoms with Crippen molar-refractivity contribution < 1.29 is 4.74 Å². The molecule has 1 N–H and O–H groups in total. The number of ether oxygens (including phenoxy) is 1. The molecule has 3 rings (SSSR count). The average Bonchev–Trinajstić information content (AvgIpc) is 3.20. The summed E-state index contributed by atoms with van der Waals surface area (Å²) < 4.78 is 7.94. The molecule has 5 heteroatoms. The predicted octanol–water partition coefficient (Wildman–Crippen LogP) is 3.60. The molecule has 0 saturated heterocycles. The van der Waals surface area contributed by atoms with E-state index in [9.17, 15) is 0 Å². The molecule has 0 saturated carbocycles. The summed E-state index contributed by atoms with van der Waals surface area (Å²) in [5, 5.41) is 7.89. The lowest BCUT2D eigenvalue weighted by atomic mass is 10.1. The summed E-state index contributed by atoms with van der Waals surface area (Å²) in [5.74, 6) is 0.889. The smallest absolute Gasteiger partial charge is 0.130 e. The molecule has 0 amide bonds. The molecule has 0 aliphatic carbocycles. The largest absolute Gasteiger partial charge is 0.487 e. The molecule has 130 valence electrons. The molecule has 0 bridgehead atoms. The highest BCUT2D eigenvalue weighted by Gasteiger charge is 2.14. The van der Waals surface area contributed by atoms with E-state index in [-0.39, 0.29) is 12.1 Å². The predicted molar refractivity (Wildman–Crippen MR) is 98.3 cm³/mol. The van der Waals surface area contributed by atoms with Crippen molar-refractivity contribution in [3.63, 3.8) is 0 Å². The zero-order valence-electron chi connectivity index (χ0n) is 14.7. The van der Waals surface area contributed by atoms with Crippen molar-refractivity contribution in [2.24, 2.45) is 0 Å². The lowest BCUT2D eigenvalue weighted by Gasteiger charge is -2.22. The van der Waals surface area contributed by atoms with Gasteiger partial charge in [-0.2, -0.15) is 5.10 Å². The maximum atomic E-state index is 5.97. The second kappa shape index (κ2) is 8.44. The Balaban J connectivity index is 1.59. The van der Waals surface area contributed by atoms with Crippen molar-refractivity contribution >= 4 is 0 Å². The molecule has 1 aromatic carbocycles. The first-order valence-corrected chi connectivity index (χ1v) is 8.57. The first-order chi connectivity index (χ1) is 12.2. The SMILES string of the molecule is C[C@H](NCc1ccccc1OCc1ccccn1)[C@H](C)n1cccn1. The Morgan fingerprint density at radius 3 is 2.64 bits per heavy atom. The topological polar surface area (TPSA) is 52.0 Å². The summed E-state index contributed by atoms with van der Waals surface area (Å²) in [4.78, 5) is 4.30. The zero-order chi connectivity index (χ0) is 17.5. The van der Waals surface area contributed by atoms with Gasteiger partial charge in [-0.15, -0.1) is 0 Å². The van der Waals surface area contributed by atoms with Gasteiger partial charge in [0.25, 0.3) is 0 Å². The molecule has 3 aromatic rings. The van der Waals surface area contributed by atoms with Crippen LogP contribution in [0.2, 0.25) is 0 Å². The molecular weight excluding hydrogens is 312 g/mol. The van der Waals surface area contributed by atoms with E-state index in [1.54, 1.807) is 6.20 Å². The van der Waals surface area contributed by atoms with Crippen LogP contribution in [-0.4, -0.2) is 20.8 Å². The quantitative estimate of drug-likeness (QED) is 0.683. The molecule has 0 spiro atoms. The fraction of sp³-hybridized carbons (Fsp3) is 0.300. The number of benzene rings is 1. The van der Waals surface area contributed by atoms with Crippen LogP contribution >= 0.6 is 0 Å². The number of pyridine rings is 1. The van der Waals surface area contributed by atoms with E-state index in [0.29, 0.717) is 6.61 Å². The summed E-state index contributed by atoms with van der Waals surface area (Å²) >= 11 is 0. The highest BCUT2D eigenvalue weighted by atomic mass is 16.5. The fourth-order valence-electron chi connectivity index (χ4n) is 2.62. The van der Waals surface area contributed by atoms with E-state index < -0.39 is 0 Å². The number of para-hydroxylation sites is 1. The number of rotatable bonds is 8. The first kappa shape index (κ1) is 17.2. The van der Waals surface area contributed by atoms with Crippen molar-refractivity contribution in [3.05, 3.63) is 78.4 Å². The molecule has 2 aromatic heterocycles. The third kappa shape index (κ3) is 4.67. The van der Waals surface area contributed by atoms with Crippen molar-refractivity contribution in [1.29, 1.82) is 0 Å². The average molecular weight is 336 g/mol. The van der Waals surface area contributed by atoms with E-state index in [4.69, 9.17) is 4.74 Å². The number of nitrogens with zero attached hydrogens (tertiary/aromatic N) is 3. The number of hydrogen-bond donors (Lipinski definition) is 1. The van der Waals surface area contributed by atoms with E-state index in [1.807, 2.05) is 59.5 Å². The van der Waals surface area contributed by atoms with Gasteiger partial charge in [0, 0.05) is 36.7 Å². The molecule has 0 fully saturated rings. The second-order valence-electron chi connectivity index (χ2n) is 6.11. The van der Waals surface area contributed by atoms with E-state index in [0.717, 1.165) is 23.6 Å². The highest BCUT2D eigenvalue weighted by molar-refractivity contribution is 5.33. The van der Waals surface area contributed by atoms with Crippen LogP contribution in [0, 0.1) is 0 Å². The molecule has 25 heavy (non-hydrogen) atoms. The van der Waals surface area contributed by atoms with Crippen LogP contribution in [0.25, 0.3) is 0 Å². The Morgan fingerprint density at radius 1 is 1.04 bits per heavy atom. The van der Waals surface area contributed by atoms with Gasteiger partial charge in [0.2, 0.25) is 0 Å². The van der Waals surface area contributed by atoms with Crippen molar-refractivity contribution in [2.45, 2.75) is 39.1 Å². The molecular formula is C20H24N4O. The fourth-order valence-corrected chi connectivity index (χ4v) is 2.62. The summed E-state index contributed by atoms with van der Waals surface area (Å²) in [6, 6.07) is 16.5. The van der Waals surface area contributed by atoms with Crippen molar-refractivity contribution in [2.75, 3.05) is 0 Å². The van der Waals surface area contributed by atoms with Crippen molar-refractivity contribution in [3.8, 4) is 5.75 Å². The van der Waals surface area contributed by atoms with Crippen LogP contribution in [-0.2, 0) is 13.2 Å². The van der Waals surface area contributed by atoms with Crippen LogP contribution in [0.15, 0.2) is 67.1 Å². The van der Waals surface area contributed by atoms with Crippen LogP contribution < -0.4 is 10.1 Å². The van der Waals surface area contributed by atoms with Crippen LogP contribution in [0.4, 0.5) is 0 Å². The lowest BCUT2D eigenvalue weighted by Crippen LogP contribution is -2.33. The van der Waals surface area contributed by atoms with Gasteiger partial charge in [-0.3, -0.25) is 9.67 Å². The minimum Gasteiger partial charge on any atom is -0.487 e.